The third kappa shape index (κ3) is 3.29. The summed E-state index contributed by atoms with van der Waals surface area (Å²) < 4.78 is 41.5. The van der Waals surface area contributed by atoms with Crippen molar-refractivity contribution in [2.75, 3.05) is 6.51 Å². The van der Waals surface area contributed by atoms with Crippen molar-refractivity contribution < 1.29 is 17.7 Å². The highest BCUT2D eigenvalue weighted by Crippen LogP contribution is 2.30. The highest BCUT2D eigenvalue weighted by atomic mass is 19.4. The number of para-hydroxylation sites is 1. The van der Waals surface area contributed by atoms with E-state index >= 15 is 0 Å². The fourth-order valence-electron chi connectivity index (χ4n) is 1.63. The number of benzene rings is 2. The van der Waals surface area contributed by atoms with Crippen LogP contribution < -0.4 is 4.74 Å². The van der Waals surface area contributed by atoms with Crippen molar-refractivity contribution in [2.24, 2.45) is 0 Å². The SMILES string of the molecule is F[B-](F)(F)COc1ccccc1-c1ccccc1. The van der Waals surface area contributed by atoms with Crippen LogP contribution in [0.2, 0.25) is 0 Å². The molecule has 0 N–H and O–H groups in total. The molecule has 0 bridgehead atoms. The van der Waals surface area contributed by atoms with Crippen LogP contribution in [-0.4, -0.2) is 13.5 Å². The number of hydrogen-bond donors (Lipinski definition) is 0. The van der Waals surface area contributed by atoms with E-state index in [0.717, 1.165) is 5.56 Å². The molecule has 0 aliphatic rings. The summed E-state index contributed by atoms with van der Waals surface area (Å²) in [6.45, 7) is -6.16. The quantitative estimate of drug-likeness (QED) is 0.742. The van der Waals surface area contributed by atoms with Crippen molar-refractivity contribution in [3.05, 3.63) is 54.6 Å². The van der Waals surface area contributed by atoms with Crippen molar-refractivity contribution in [3.8, 4) is 16.9 Å². The minimum absolute atomic E-state index is 0.253. The molecule has 2 aromatic rings. The first-order chi connectivity index (χ1) is 8.56. The Bertz CT molecular complexity index is 511. The lowest BCUT2D eigenvalue weighted by Gasteiger charge is -2.17. The maximum atomic E-state index is 12.2. The maximum Gasteiger partial charge on any atom is 0.515 e. The van der Waals surface area contributed by atoms with Crippen molar-refractivity contribution in [1.82, 2.24) is 0 Å². The molecular weight excluding hydrogens is 240 g/mol. The van der Waals surface area contributed by atoms with Gasteiger partial charge in [0.25, 0.3) is 0 Å². The molecule has 0 atom stereocenters. The molecule has 2 rings (SSSR count). The second-order valence-corrected chi connectivity index (χ2v) is 3.88. The lowest BCUT2D eigenvalue weighted by molar-refractivity contribution is 0.314. The van der Waals surface area contributed by atoms with E-state index in [4.69, 9.17) is 4.74 Å². The number of rotatable bonds is 4. The summed E-state index contributed by atoms with van der Waals surface area (Å²) >= 11 is 0. The molecule has 0 amide bonds. The number of hydrogen-bond acceptors (Lipinski definition) is 1. The third-order valence-corrected chi connectivity index (χ3v) is 2.40. The zero-order valence-electron chi connectivity index (χ0n) is 9.52. The molecule has 0 unspecified atom stereocenters. The Morgan fingerprint density at radius 1 is 0.833 bits per heavy atom. The number of ether oxygens (including phenoxy) is 1. The van der Waals surface area contributed by atoms with Crippen molar-refractivity contribution in [3.63, 3.8) is 0 Å². The molecule has 5 heteroatoms. The highest BCUT2D eigenvalue weighted by Gasteiger charge is 2.24. The Morgan fingerprint density at radius 2 is 1.44 bits per heavy atom. The summed E-state index contributed by atoms with van der Waals surface area (Å²) in [5.74, 6) is 0.253. The van der Waals surface area contributed by atoms with Gasteiger partial charge in [0.05, 0.1) is 6.51 Å². The van der Waals surface area contributed by atoms with Crippen LogP contribution in [0.1, 0.15) is 0 Å². The minimum Gasteiger partial charge on any atom is -0.521 e. The van der Waals surface area contributed by atoms with Gasteiger partial charge >= 0.3 is 6.98 Å². The van der Waals surface area contributed by atoms with Crippen LogP contribution in [0.3, 0.4) is 0 Å². The predicted octanol–water partition coefficient (Wildman–Crippen LogP) is 4.12. The molecule has 0 spiro atoms. The average molecular weight is 251 g/mol. The monoisotopic (exact) mass is 251 g/mol. The summed E-state index contributed by atoms with van der Waals surface area (Å²) in [5.41, 5.74) is 1.50. The smallest absolute Gasteiger partial charge is 0.515 e. The standard InChI is InChI=1S/C13H11BF3O/c15-14(16,17)10-18-13-9-5-4-8-12(13)11-6-2-1-3-7-11/h1-9H,10H2/q-1. The molecule has 1 nitrogen and oxygen atoms in total. The zero-order chi connectivity index (χ0) is 13.0. The van der Waals surface area contributed by atoms with Crippen LogP contribution in [-0.2, 0) is 0 Å². The first kappa shape index (κ1) is 12.5. The average Bonchev–Trinajstić information content (AvgIpc) is 2.37. The van der Waals surface area contributed by atoms with Crippen molar-refractivity contribution in [1.29, 1.82) is 0 Å². The first-order valence-electron chi connectivity index (χ1n) is 5.54. The number of halogens is 3. The van der Waals surface area contributed by atoms with Crippen LogP contribution >= 0.6 is 0 Å². The van der Waals surface area contributed by atoms with E-state index in [-0.39, 0.29) is 5.75 Å². The Kier molecular flexibility index (Phi) is 3.60. The fourth-order valence-corrected chi connectivity index (χ4v) is 1.63. The largest absolute Gasteiger partial charge is 0.521 e. The van der Waals surface area contributed by atoms with E-state index in [1.165, 1.54) is 0 Å². The third-order valence-electron chi connectivity index (χ3n) is 2.40. The van der Waals surface area contributed by atoms with Gasteiger partial charge in [0.2, 0.25) is 0 Å². The second kappa shape index (κ2) is 5.17. The molecule has 0 radical (unpaired) electrons. The van der Waals surface area contributed by atoms with Crippen molar-refractivity contribution >= 4 is 6.98 Å². The maximum absolute atomic E-state index is 12.2. The van der Waals surface area contributed by atoms with Crippen LogP contribution in [0.15, 0.2) is 54.6 Å². The van der Waals surface area contributed by atoms with Crippen molar-refractivity contribution in [2.45, 2.75) is 0 Å². The van der Waals surface area contributed by atoms with Gasteiger partial charge < -0.3 is 17.7 Å². The minimum atomic E-state index is -4.94. The van der Waals surface area contributed by atoms with E-state index in [9.17, 15) is 12.9 Å². The molecular formula is C13H11BF3O-. The summed E-state index contributed by atoms with van der Waals surface area (Å²) in [6.07, 6.45) is 0. The van der Waals surface area contributed by atoms with Crippen LogP contribution in [0.4, 0.5) is 12.9 Å². The molecule has 0 fully saturated rings. The van der Waals surface area contributed by atoms with Gasteiger partial charge in [-0.05, 0) is 11.6 Å². The topological polar surface area (TPSA) is 9.23 Å². The molecule has 0 aromatic heterocycles. The Labute approximate surface area is 103 Å². The van der Waals surface area contributed by atoms with Crippen LogP contribution in [0, 0.1) is 0 Å². The van der Waals surface area contributed by atoms with Gasteiger partial charge in [-0.25, -0.2) is 0 Å². The van der Waals surface area contributed by atoms with E-state index in [1.807, 2.05) is 30.3 Å². The van der Waals surface area contributed by atoms with Gasteiger partial charge in [0.15, 0.2) is 0 Å². The molecule has 2 aromatic carbocycles. The van der Waals surface area contributed by atoms with Gasteiger partial charge in [-0.1, -0.05) is 48.5 Å². The van der Waals surface area contributed by atoms with Crippen LogP contribution in [0.25, 0.3) is 11.1 Å². The summed E-state index contributed by atoms with van der Waals surface area (Å²) in [7, 11) is 0. The molecule has 0 saturated heterocycles. The van der Waals surface area contributed by atoms with Gasteiger partial charge in [-0.2, -0.15) is 0 Å². The Balaban J connectivity index is 2.27. The fraction of sp³-hybridized carbons (Fsp3) is 0.0769. The molecule has 0 aliphatic heterocycles. The highest BCUT2D eigenvalue weighted by molar-refractivity contribution is 6.58. The van der Waals surface area contributed by atoms with Gasteiger partial charge in [0.1, 0.15) is 5.75 Å². The summed E-state index contributed by atoms with van der Waals surface area (Å²) in [6, 6.07) is 15.9. The van der Waals surface area contributed by atoms with E-state index in [1.54, 1.807) is 24.3 Å². The van der Waals surface area contributed by atoms with Crippen LogP contribution in [0.5, 0.6) is 5.75 Å². The molecule has 94 valence electrons. The van der Waals surface area contributed by atoms with E-state index in [2.05, 4.69) is 0 Å². The first-order valence-corrected chi connectivity index (χ1v) is 5.54. The Morgan fingerprint density at radius 3 is 2.11 bits per heavy atom. The molecule has 0 heterocycles. The molecule has 0 aliphatic carbocycles. The molecule has 0 saturated carbocycles. The summed E-state index contributed by atoms with van der Waals surface area (Å²) in [5, 5.41) is 0. The summed E-state index contributed by atoms with van der Waals surface area (Å²) in [4.78, 5) is 0. The second-order valence-electron chi connectivity index (χ2n) is 3.88. The van der Waals surface area contributed by atoms with Gasteiger partial charge in [0, 0.05) is 5.56 Å². The van der Waals surface area contributed by atoms with E-state index in [0.29, 0.717) is 5.56 Å². The Hall–Kier alpha value is -1.91. The zero-order valence-corrected chi connectivity index (χ0v) is 9.52. The molecule has 18 heavy (non-hydrogen) atoms. The van der Waals surface area contributed by atoms with Gasteiger partial charge in [-0.15, -0.1) is 0 Å². The normalized spacial score (nSPS) is 11.3. The predicted molar refractivity (Wildman–Crippen MR) is 66.5 cm³/mol. The lowest BCUT2D eigenvalue weighted by atomic mass is 9.94. The van der Waals surface area contributed by atoms with E-state index < -0.39 is 13.5 Å². The van der Waals surface area contributed by atoms with Gasteiger partial charge in [-0.3, -0.25) is 0 Å². The lowest BCUT2D eigenvalue weighted by Crippen LogP contribution is -2.26.